The molecule has 1 amide bonds. The molecule has 2 N–H and O–H groups in total. The van der Waals surface area contributed by atoms with E-state index in [0.717, 1.165) is 50.6 Å². The maximum atomic E-state index is 12.4. The number of anilines is 1. The molecule has 2 aromatic rings. The first-order valence-electron chi connectivity index (χ1n) is 11.7. The quantitative estimate of drug-likeness (QED) is 0.416. The molecule has 0 spiro atoms. The molecule has 2 heterocycles. The highest BCUT2D eigenvalue weighted by Gasteiger charge is 2.31. The highest BCUT2D eigenvalue weighted by Crippen LogP contribution is 2.29. The summed E-state index contributed by atoms with van der Waals surface area (Å²) in [7, 11) is -1.96. The first kappa shape index (κ1) is 27.4. The van der Waals surface area contributed by atoms with Gasteiger partial charge in [-0.3, -0.25) is 19.0 Å². The molecule has 0 saturated carbocycles. The molecular weight excluding hydrogens is 486 g/mol. The summed E-state index contributed by atoms with van der Waals surface area (Å²) in [5, 5.41) is 2.92. The number of rotatable bonds is 7. The molecule has 0 aromatic heterocycles. The lowest BCUT2D eigenvalue weighted by Gasteiger charge is -2.36. The molecule has 1 atom stereocenters. The van der Waals surface area contributed by atoms with E-state index in [1.54, 1.807) is 31.4 Å². The average Bonchev–Trinajstić information content (AvgIpc) is 2.86. The number of Topliss-reactive ketones (excluding diaryl/α,β-unsaturated/α-hetero) is 1. The van der Waals surface area contributed by atoms with Crippen molar-refractivity contribution in [1.29, 1.82) is 0 Å². The number of piperazine rings is 1. The normalized spacial score (nSPS) is 17.8. The van der Waals surface area contributed by atoms with Gasteiger partial charge in [-0.15, -0.1) is 0 Å². The lowest BCUT2D eigenvalue weighted by atomic mass is 10.0. The topological polar surface area (TPSA) is 125 Å². The Hall–Kier alpha value is -3.15. The van der Waals surface area contributed by atoms with Gasteiger partial charge in [0, 0.05) is 32.7 Å². The molecule has 36 heavy (non-hydrogen) atoms. The van der Waals surface area contributed by atoms with Crippen LogP contribution in [0.1, 0.15) is 23.2 Å². The predicted molar refractivity (Wildman–Crippen MR) is 137 cm³/mol. The maximum absolute atomic E-state index is 12.4. The van der Waals surface area contributed by atoms with Gasteiger partial charge in [0.1, 0.15) is 11.5 Å². The third-order valence-electron chi connectivity index (χ3n) is 5.87. The molecule has 2 aliphatic rings. The van der Waals surface area contributed by atoms with Crippen LogP contribution in [0.25, 0.3) is 0 Å². The Morgan fingerprint density at radius 2 is 1.75 bits per heavy atom. The van der Waals surface area contributed by atoms with Crippen molar-refractivity contribution < 1.29 is 32.0 Å². The molecule has 4 rings (SSSR count). The summed E-state index contributed by atoms with van der Waals surface area (Å²) >= 11 is 0. The van der Waals surface area contributed by atoms with Crippen molar-refractivity contribution in [1.82, 2.24) is 10.2 Å². The molecule has 2 aromatic carbocycles. The number of ketones is 1. The van der Waals surface area contributed by atoms with Gasteiger partial charge in [-0.25, -0.2) is 0 Å². The second-order valence-corrected chi connectivity index (χ2v) is 10.1. The van der Waals surface area contributed by atoms with E-state index in [2.05, 4.69) is 21.2 Å². The first-order valence-corrected chi connectivity index (χ1v) is 13.6. The Labute approximate surface area is 211 Å². The van der Waals surface area contributed by atoms with Crippen LogP contribution in [0, 0.1) is 0 Å². The van der Waals surface area contributed by atoms with E-state index in [1.807, 2.05) is 18.2 Å². The number of hydrogen-bond donors (Lipinski definition) is 2. The number of methoxy groups -OCH3 is 1. The van der Waals surface area contributed by atoms with Crippen LogP contribution in [0.5, 0.6) is 11.5 Å². The highest BCUT2D eigenvalue weighted by molar-refractivity contribution is 7.85. The number of hydrogen-bond acceptors (Lipinski definition) is 8. The van der Waals surface area contributed by atoms with Crippen molar-refractivity contribution in [2.75, 3.05) is 57.5 Å². The number of ether oxygens (including phenoxy) is 2. The minimum Gasteiger partial charge on any atom is -0.495 e. The zero-order valence-electron chi connectivity index (χ0n) is 20.6. The van der Waals surface area contributed by atoms with Gasteiger partial charge in [0.05, 0.1) is 31.0 Å². The van der Waals surface area contributed by atoms with Gasteiger partial charge in [0.2, 0.25) is 0 Å². The van der Waals surface area contributed by atoms with Gasteiger partial charge < -0.3 is 19.7 Å². The number of amides is 1. The lowest BCUT2D eigenvalue weighted by molar-refractivity contribution is -0.128. The molecule has 1 fully saturated rings. The van der Waals surface area contributed by atoms with E-state index in [0.29, 0.717) is 24.1 Å². The second-order valence-electron chi connectivity index (χ2n) is 8.61. The number of benzene rings is 2. The van der Waals surface area contributed by atoms with Crippen molar-refractivity contribution in [3.63, 3.8) is 0 Å². The van der Waals surface area contributed by atoms with Crippen molar-refractivity contribution in [2.24, 2.45) is 0 Å². The van der Waals surface area contributed by atoms with Crippen LogP contribution in [-0.2, 0) is 14.9 Å². The number of nitrogens with zero attached hydrogens (tertiary/aromatic N) is 2. The van der Waals surface area contributed by atoms with Crippen LogP contribution in [0.4, 0.5) is 5.69 Å². The standard InChI is InChI=1S/C24H29N3O4.CH4O3S/c1-30-22-10-5-3-8-19(22)27-15-13-26(14-16-27)12-6-11-25-24(29)23-17-20(28)18-7-2-4-9-21(18)31-23;1-5(2,3)4/h2-5,7-10,23H,6,11-17H2,1H3,(H,25,29);1H3,(H,2,3,4). The van der Waals surface area contributed by atoms with Crippen LogP contribution in [0.15, 0.2) is 48.5 Å². The smallest absolute Gasteiger partial charge is 0.261 e. The summed E-state index contributed by atoms with van der Waals surface area (Å²) in [6, 6.07) is 15.2. The van der Waals surface area contributed by atoms with Crippen LogP contribution < -0.4 is 19.7 Å². The van der Waals surface area contributed by atoms with Gasteiger partial charge in [0.15, 0.2) is 11.9 Å². The average molecular weight is 520 g/mol. The fraction of sp³-hybridized carbons (Fsp3) is 0.440. The van der Waals surface area contributed by atoms with E-state index in [4.69, 9.17) is 14.0 Å². The summed E-state index contributed by atoms with van der Waals surface area (Å²) in [6.45, 7) is 5.34. The predicted octanol–water partition coefficient (Wildman–Crippen LogP) is 1.86. The molecule has 0 radical (unpaired) electrons. The molecule has 1 unspecified atom stereocenters. The van der Waals surface area contributed by atoms with E-state index in [1.165, 1.54) is 0 Å². The van der Waals surface area contributed by atoms with Crippen molar-refractivity contribution >= 4 is 27.5 Å². The fourth-order valence-corrected chi connectivity index (χ4v) is 4.15. The number of para-hydroxylation sites is 3. The van der Waals surface area contributed by atoms with Crippen LogP contribution in [-0.4, -0.2) is 88.3 Å². The third-order valence-corrected chi connectivity index (χ3v) is 5.87. The summed E-state index contributed by atoms with van der Waals surface area (Å²) in [5.74, 6) is 1.13. The number of carbonyl (C=O) groups excluding carboxylic acids is 2. The Kier molecular flexibility index (Phi) is 9.68. The number of carbonyl (C=O) groups is 2. The molecule has 0 aliphatic carbocycles. The van der Waals surface area contributed by atoms with Gasteiger partial charge in [-0.05, 0) is 37.2 Å². The minimum absolute atomic E-state index is 0.0464. The molecule has 2 aliphatic heterocycles. The van der Waals surface area contributed by atoms with Crippen LogP contribution >= 0.6 is 0 Å². The summed E-state index contributed by atoms with van der Waals surface area (Å²) < 4.78 is 37.1. The monoisotopic (exact) mass is 519 g/mol. The van der Waals surface area contributed by atoms with Crippen LogP contribution in [0.2, 0.25) is 0 Å². The van der Waals surface area contributed by atoms with Gasteiger partial charge in [-0.1, -0.05) is 24.3 Å². The molecular formula is C25H33N3O7S. The SMILES string of the molecule is COc1ccccc1N1CCN(CCCNC(=O)C2CC(=O)c3ccccc3O2)CC1.CS(=O)(=O)O. The molecule has 0 bridgehead atoms. The second kappa shape index (κ2) is 12.7. The van der Waals surface area contributed by atoms with E-state index in [-0.39, 0.29) is 18.1 Å². The van der Waals surface area contributed by atoms with E-state index < -0.39 is 16.2 Å². The van der Waals surface area contributed by atoms with E-state index >= 15 is 0 Å². The summed E-state index contributed by atoms with van der Waals surface area (Å²) in [4.78, 5) is 29.4. The number of nitrogens with one attached hydrogen (secondary N) is 1. The van der Waals surface area contributed by atoms with Gasteiger partial charge in [-0.2, -0.15) is 8.42 Å². The Morgan fingerprint density at radius 3 is 2.44 bits per heavy atom. The Morgan fingerprint density at radius 1 is 1.11 bits per heavy atom. The zero-order valence-corrected chi connectivity index (χ0v) is 21.4. The molecule has 196 valence electrons. The fourth-order valence-electron chi connectivity index (χ4n) is 4.15. The zero-order chi connectivity index (χ0) is 26.1. The third kappa shape index (κ3) is 8.21. The lowest BCUT2D eigenvalue weighted by Crippen LogP contribution is -2.47. The Balaban J connectivity index is 0.000000658. The van der Waals surface area contributed by atoms with Gasteiger partial charge in [0.25, 0.3) is 16.0 Å². The largest absolute Gasteiger partial charge is 0.495 e. The summed E-state index contributed by atoms with van der Waals surface area (Å²) in [5.41, 5.74) is 1.69. The number of fused-ring (bicyclic) bond motifs is 1. The van der Waals surface area contributed by atoms with Gasteiger partial charge >= 0.3 is 0 Å². The molecule has 11 heteroatoms. The van der Waals surface area contributed by atoms with Crippen molar-refractivity contribution in [2.45, 2.75) is 18.9 Å². The highest BCUT2D eigenvalue weighted by atomic mass is 32.2. The van der Waals surface area contributed by atoms with Crippen molar-refractivity contribution in [3.8, 4) is 11.5 Å². The summed E-state index contributed by atoms with van der Waals surface area (Å²) in [6.07, 6.45) is 0.921. The van der Waals surface area contributed by atoms with E-state index in [9.17, 15) is 18.0 Å². The van der Waals surface area contributed by atoms with Crippen LogP contribution in [0.3, 0.4) is 0 Å². The molecule has 10 nitrogen and oxygen atoms in total. The maximum Gasteiger partial charge on any atom is 0.261 e. The van der Waals surface area contributed by atoms with Crippen molar-refractivity contribution in [3.05, 3.63) is 54.1 Å². The first-order chi connectivity index (χ1) is 17.2. The molecule has 1 saturated heterocycles. The Bertz CT molecular complexity index is 1140. The minimum atomic E-state index is -3.67.